The molecule has 0 N–H and O–H groups in total. The molecule has 1 amide bonds. The maximum absolute atomic E-state index is 12.1. The van der Waals surface area contributed by atoms with Crippen molar-refractivity contribution in [1.29, 1.82) is 0 Å². The molecule has 0 radical (unpaired) electrons. The molecule has 1 rings (SSSR count). The molecule has 1 unspecified atom stereocenters. The highest BCUT2D eigenvalue weighted by atomic mass is 16.6. The second kappa shape index (κ2) is 6.08. The molecule has 0 saturated carbocycles. The number of esters is 1. The Bertz CT molecular complexity index is 370. The van der Waals surface area contributed by atoms with Crippen LogP contribution >= 0.6 is 0 Å². The minimum Gasteiger partial charge on any atom is -0.464 e. The Morgan fingerprint density at radius 2 is 2.05 bits per heavy atom. The summed E-state index contributed by atoms with van der Waals surface area (Å²) in [6, 6.07) is -0.569. The van der Waals surface area contributed by atoms with E-state index >= 15 is 0 Å². The van der Waals surface area contributed by atoms with E-state index in [9.17, 15) is 9.59 Å². The SMILES string of the molecule is C=C1CCC(C(=O)OCC)N(C(=O)OC(C)(C)C)C1. The van der Waals surface area contributed by atoms with Crippen LogP contribution in [-0.4, -0.2) is 41.8 Å². The fourth-order valence-electron chi connectivity index (χ4n) is 1.92. The molecule has 1 fully saturated rings. The number of carbonyl (C=O) groups excluding carboxylic acids is 2. The molecule has 0 aromatic rings. The minimum atomic E-state index is -0.588. The highest BCUT2D eigenvalue weighted by Gasteiger charge is 2.36. The first-order valence-corrected chi connectivity index (χ1v) is 6.57. The maximum Gasteiger partial charge on any atom is 0.411 e. The maximum atomic E-state index is 12.1. The van der Waals surface area contributed by atoms with E-state index < -0.39 is 17.7 Å². The van der Waals surface area contributed by atoms with Crippen LogP contribution in [0.5, 0.6) is 0 Å². The summed E-state index contributed by atoms with van der Waals surface area (Å²) in [6.45, 7) is 11.7. The normalized spacial score (nSPS) is 20.1. The molecule has 19 heavy (non-hydrogen) atoms. The smallest absolute Gasteiger partial charge is 0.411 e. The zero-order chi connectivity index (χ0) is 14.6. The molecule has 5 nitrogen and oxygen atoms in total. The van der Waals surface area contributed by atoms with Gasteiger partial charge in [0.05, 0.1) is 6.61 Å². The van der Waals surface area contributed by atoms with Crippen molar-refractivity contribution < 1.29 is 19.1 Å². The van der Waals surface area contributed by atoms with Gasteiger partial charge in [-0.2, -0.15) is 0 Å². The van der Waals surface area contributed by atoms with Crippen molar-refractivity contribution in [3.8, 4) is 0 Å². The van der Waals surface area contributed by atoms with Crippen LogP contribution in [0, 0.1) is 0 Å². The zero-order valence-corrected chi connectivity index (χ0v) is 12.2. The molecule has 1 aliphatic heterocycles. The Kier molecular flexibility index (Phi) is 4.97. The van der Waals surface area contributed by atoms with Crippen molar-refractivity contribution >= 4 is 12.1 Å². The molecule has 1 atom stereocenters. The number of carbonyl (C=O) groups is 2. The third-order valence-corrected chi connectivity index (χ3v) is 2.73. The third-order valence-electron chi connectivity index (χ3n) is 2.73. The number of likely N-dealkylation sites (tertiary alicyclic amines) is 1. The fraction of sp³-hybridized carbons (Fsp3) is 0.714. The van der Waals surface area contributed by atoms with Crippen LogP contribution in [0.1, 0.15) is 40.5 Å². The topological polar surface area (TPSA) is 55.8 Å². The molecular weight excluding hydrogens is 246 g/mol. The average molecular weight is 269 g/mol. The Hall–Kier alpha value is -1.52. The molecular formula is C14H23NO4. The number of hydrogen-bond donors (Lipinski definition) is 0. The molecule has 0 aromatic carbocycles. The number of ether oxygens (including phenoxy) is 2. The summed E-state index contributed by atoms with van der Waals surface area (Å²) in [5.74, 6) is -0.374. The fourth-order valence-corrected chi connectivity index (χ4v) is 1.92. The van der Waals surface area contributed by atoms with E-state index in [2.05, 4.69) is 6.58 Å². The average Bonchev–Trinajstić information content (AvgIpc) is 2.26. The van der Waals surface area contributed by atoms with Crippen molar-refractivity contribution in [2.45, 2.75) is 52.2 Å². The van der Waals surface area contributed by atoms with E-state index in [1.54, 1.807) is 27.7 Å². The molecule has 1 heterocycles. The Morgan fingerprint density at radius 1 is 1.42 bits per heavy atom. The molecule has 0 spiro atoms. The van der Waals surface area contributed by atoms with Crippen LogP contribution in [0.3, 0.4) is 0 Å². The van der Waals surface area contributed by atoms with Gasteiger partial charge in [0, 0.05) is 6.54 Å². The van der Waals surface area contributed by atoms with E-state index in [-0.39, 0.29) is 5.97 Å². The molecule has 1 aliphatic rings. The van der Waals surface area contributed by atoms with Crippen LogP contribution in [0.4, 0.5) is 4.79 Å². The van der Waals surface area contributed by atoms with Gasteiger partial charge in [0.1, 0.15) is 11.6 Å². The summed E-state index contributed by atoms with van der Waals surface area (Å²) in [6.07, 6.45) is 0.770. The van der Waals surface area contributed by atoms with Gasteiger partial charge in [-0.1, -0.05) is 12.2 Å². The predicted molar refractivity (Wildman–Crippen MR) is 71.7 cm³/mol. The van der Waals surface area contributed by atoms with Crippen LogP contribution in [0.25, 0.3) is 0 Å². The van der Waals surface area contributed by atoms with Gasteiger partial charge in [0.25, 0.3) is 0 Å². The van der Waals surface area contributed by atoms with Crippen molar-refractivity contribution in [2.24, 2.45) is 0 Å². The molecule has 0 bridgehead atoms. The summed E-state index contributed by atoms with van der Waals surface area (Å²) in [5, 5.41) is 0. The van der Waals surface area contributed by atoms with Crippen LogP contribution < -0.4 is 0 Å². The van der Waals surface area contributed by atoms with E-state index in [1.807, 2.05) is 0 Å². The molecule has 0 aliphatic carbocycles. The van der Waals surface area contributed by atoms with Gasteiger partial charge in [-0.25, -0.2) is 9.59 Å². The summed E-state index contributed by atoms with van der Waals surface area (Å²) in [4.78, 5) is 25.4. The van der Waals surface area contributed by atoms with Gasteiger partial charge in [-0.05, 0) is 40.5 Å². The van der Waals surface area contributed by atoms with Crippen molar-refractivity contribution in [2.75, 3.05) is 13.2 Å². The van der Waals surface area contributed by atoms with E-state index in [4.69, 9.17) is 9.47 Å². The van der Waals surface area contributed by atoms with Crippen LogP contribution in [0.15, 0.2) is 12.2 Å². The third kappa shape index (κ3) is 4.58. The first kappa shape index (κ1) is 15.5. The lowest BCUT2D eigenvalue weighted by Gasteiger charge is -2.36. The van der Waals surface area contributed by atoms with Crippen LogP contribution in [0.2, 0.25) is 0 Å². The van der Waals surface area contributed by atoms with Crippen molar-refractivity contribution in [3.63, 3.8) is 0 Å². The monoisotopic (exact) mass is 269 g/mol. The summed E-state index contributed by atoms with van der Waals surface area (Å²) >= 11 is 0. The van der Waals surface area contributed by atoms with Gasteiger partial charge in [0.15, 0.2) is 0 Å². The lowest BCUT2D eigenvalue weighted by atomic mass is 9.99. The quantitative estimate of drug-likeness (QED) is 0.571. The zero-order valence-electron chi connectivity index (χ0n) is 12.2. The molecule has 0 aromatic heterocycles. The summed E-state index contributed by atoms with van der Waals surface area (Å²) < 4.78 is 10.3. The predicted octanol–water partition coefficient (Wildman–Crippen LogP) is 2.51. The summed E-state index contributed by atoms with van der Waals surface area (Å²) in [7, 11) is 0. The standard InChI is InChI=1S/C14H23NO4/c1-6-18-12(16)11-8-7-10(2)9-15(11)13(17)19-14(3,4)5/h11H,2,6-9H2,1,3-5H3. The Balaban J connectivity index is 2.81. The van der Waals surface area contributed by atoms with Crippen molar-refractivity contribution in [3.05, 3.63) is 12.2 Å². The highest BCUT2D eigenvalue weighted by Crippen LogP contribution is 2.23. The lowest BCUT2D eigenvalue weighted by Crippen LogP contribution is -2.50. The van der Waals surface area contributed by atoms with Gasteiger partial charge in [-0.3, -0.25) is 4.90 Å². The Labute approximate surface area is 114 Å². The molecule has 108 valence electrons. The van der Waals surface area contributed by atoms with Crippen LogP contribution in [-0.2, 0) is 14.3 Å². The first-order chi connectivity index (χ1) is 8.74. The molecule has 1 saturated heterocycles. The number of nitrogens with zero attached hydrogens (tertiary/aromatic N) is 1. The minimum absolute atomic E-state index is 0.304. The van der Waals surface area contributed by atoms with E-state index in [1.165, 1.54) is 4.90 Å². The first-order valence-electron chi connectivity index (χ1n) is 6.57. The number of rotatable bonds is 2. The van der Waals surface area contributed by atoms with Gasteiger partial charge in [-0.15, -0.1) is 0 Å². The van der Waals surface area contributed by atoms with Crippen molar-refractivity contribution in [1.82, 2.24) is 4.90 Å². The second-order valence-corrected chi connectivity index (χ2v) is 5.66. The Morgan fingerprint density at radius 3 is 2.58 bits per heavy atom. The number of piperidine rings is 1. The lowest BCUT2D eigenvalue weighted by molar-refractivity contribution is -0.150. The van der Waals surface area contributed by atoms with Gasteiger partial charge in [0.2, 0.25) is 0 Å². The van der Waals surface area contributed by atoms with Gasteiger partial charge < -0.3 is 9.47 Å². The number of amides is 1. The second-order valence-electron chi connectivity index (χ2n) is 5.66. The molecule has 5 heteroatoms. The highest BCUT2D eigenvalue weighted by molar-refractivity contribution is 5.82. The largest absolute Gasteiger partial charge is 0.464 e. The van der Waals surface area contributed by atoms with E-state index in [0.717, 1.165) is 12.0 Å². The summed E-state index contributed by atoms with van der Waals surface area (Å²) in [5.41, 5.74) is 0.334. The van der Waals surface area contributed by atoms with E-state index in [0.29, 0.717) is 19.6 Å². The number of hydrogen-bond acceptors (Lipinski definition) is 4. The van der Waals surface area contributed by atoms with Gasteiger partial charge >= 0.3 is 12.1 Å².